The Morgan fingerprint density at radius 2 is 1.38 bits per heavy atom. The van der Waals surface area contributed by atoms with E-state index in [1.165, 1.54) is 0 Å². The molecule has 0 spiro atoms. The predicted molar refractivity (Wildman–Crippen MR) is 102 cm³/mol. The fourth-order valence-corrected chi connectivity index (χ4v) is 2.46. The smallest absolute Gasteiger partial charge is 0.161 e. The molecule has 0 fully saturated rings. The van der Waals surface area contributed by atoms with Crippen molar-refractivity contribution in [2.75, 3.05) is 20.3 Å². The molecule has 0 saturated heterocycles. The van der Waals surface area contributed by atoms with Gasteiger partial charge in [-0.2, -0.15) is 0 Å². The Kier molecular flexibility index (Phi) is 5.99. The molecule has 0 unspecified atom stereocenters. The van der Waals surface area contributed by atoms with Gasteiger partial charge in [0.25, 0.3) is 0 Å². The highest BCUT2D eigenvalue weighted by Crippen LogP contribution is 2.28. The van der Waals surface area contributed by atoms with Crippen molar-refractivity contribution in [2.24, 2.45) is 0 Å². The van der Waals surface area contributed by atoms with Gasteiger partial charge in [-0.15, -0.1) is 0 Å². The standard InChI is InChI=1S/C22H22O4/c1-17-11-12-21(22(15-17)23-2)25-14-13-24-19-9-6-10-20(16-19)26-18-7-4-3-5-8-18/h3-12,15-16H,13-14H2,1-2H3. The lowest BCUT2D eigenvalue weighted by molar-refractivity contribution is 0.211. The van der Waals surface area contributed by atoms with Crippen molar-refractivity contribution in [3.63, 3.8) is 0 Å². The van der Waals surface area contributed by atoms with E-state index in [1.54, 1.807) is 7.11 Å². The first-order valence-electron chi connectivity index (χ1n) is 8.48. The normalized spacial score (nSPS) is 10.2. The lowest BCUT2D eigenvalue weighted by Gasteiger charge is -2.12. The van der Waals surface area contributed by atoms with Crippen LogP contribution in [0.1, 0.15) is 5.56 Å². The molecule has 0 aromatic heterocycles. The first kappa shape index (κ1) is 17.7. The third-order valence-corrected chi connectivity index (χ3v) is 3.71. The fourth-order valence-electron chi connectivity index (χ4n) is 2.46. The summed E-state index contributed by atoms with van der Waals surface area (Å²) in [5.74, 6) is 3.69. The van der Waals surface area contributed by atoms with Crippen LogP contribution < -0.4 is 18.9 Å². The molecule has 3 aromatic rings. The monoisotopic (exact) mass is 350 g/mol. The molecule has 0 N–H and O–H groups in total. The summed E-state index contributed by atoms with van der Waals surface area (Å²) >= 11 is 0. The van der Waals surface area contributed by atoms with Crippen LogP contribution in [0.2, 0.25) is 0 Å². The van der Waals surface area contributed by atoms with Gasteiger partial charge in [-0.25, -0.2) is 0 Å². The van der Waals surface area contributed by atoms with E-state index in [-0.39, 0.29) is 0 Å². The summed E-state index contributed by atoms with van der Waals surface area (Å²) in [5.41, 5.74) is 1.13. The van der Waals surface area contributed by atoms with E-state index in [0.717, 1.165) is 28.6 Å². The maximum atomic E-state index is 5.81. The number of ether oxygens (including phenoxy) is 4. The lowest BCUT2D eigenvalue weighted by atomic mass is 10.2. The number of hydrogen-bond acceptors (Lipinski definition) is 4. The van der Waals surface area contributed by atoms with Crippen molar-refractivity contribution in [3.8, 4) is 28.7 Å². The summed E-state index contributed by atoms with van der Waals surface area (Å²) in [7, 11) is 1.64. The van der Waals surface area contributed by atoms with Gasteiger partial charge in [-0.05, 0) is 48.9 Å². The number of benzene rings is 3. The van der Waals surface area contributed by atoms with Gasteiger partial charge in [0.15, 0.2) is 11.5 Å². The topological polar surface area (TPSA) is 36.9 Å². The molecule has 0 atom stereocenters. The maximum Gasteiger partial charge on any atom is 0.161 e. The van der Waals surface area contributed by atoms with Crippen LogP contribution in [0.4, 0.5) is 0 Å². The number of para-hydroxylation sites is 1. The van der Waals surface area contributed by atoms with Crippen molar-refractivity contribution >= 4 is 0 Å². The summed E-state index contributed by atoms with van der Waals surface area (Å²) < 4.78 is 22.6. The molecule has 26 heavy (non-hydrogen) atoms. The van der Waals surface area contributed by atoms with Crippen LogP contribution in [0.5, 0.6) is 28.7 Å². The van der Waals surface area contributed by atoms with Crippen LogP contribution in [0.25, 0.3) is 0 Å². The number of hydrogen-bond donors (Lipinski definition) is 0. The van der Waals surface area contributed by atoms with E-state index in [4.69, 9.17) is 18.9 Å². The van der Waals surface area contributed by atoms with Crippen LogP contribution in [-0.2, 0) is 0 Å². The number of methoxy groups -OCH3 is 1. The molecule has 0 aliphatic rings. The van der Waals surface area contributed by atoms with Gasteiger partial charge in [0.1, 0.15) is 30.5 Å². The molecule has 0 bridgehead atoms. The Labute approximate surface area is 153 Å². The second kappa shape index (κ2) is 8.81. The summed E-state index contributed by atoms with van der Waals surface area (Å²) in [6, 6.07) is 23.0. The van der Waals surface area contributed by atoms with E-state index < -0.39 is 0 Å². The van der Waals surface area contributed by atoms with Crippen LogP contribution in [0, 0.1) is 6.92 Å². The zero-order valence-corrected chi connectivity index (χ0v) is 15.0. The van der Waals surface area contributed by atoms with Gasteiger partial charge in [-0.3, -0.25) is 0 Å². The zero-order chi connectivity index (χ0) is 18.2. The second-order valence-electron chi connectivity index (χ2n) is 5.74. The minimum absolute atomic E-state index is 0.420. The molecule has 0 aliphatic carbocycles. The Morgan fingerprint density at radius 3 is 2.19 bits per heavy atom. The van der Waals surface area contributed by atoms with Crippen LogP contribution in [-0.4, -0.2) is 20.3 Å². The highest BCUT2D eigenvalue weighted by Gasteiger charge is 2.05. The van der Waals surface area contributed by atoms with Crippen LogP contribution >= 0.6 is 0 Å². The van der Waals surface area contributed by atoms with E-state index in [9.17, 15) is 0 Å². The summed E-state index contributed by atoms with van der Waals surface area (Å²) in [6.07, 6.45) is 0. The molecule has 0 saturated carbocycles. The molecule has 3 rings (SSSR count). The molecule has 0 amide bonds. The molecule has 4 nitrogen and oxygen atoms in total. The number of rotatable bonds is 8. The summed E-state index contributed by atoms with van der Waals surface area (Å²) in [6.45, 7) is 2.86. The first-order valence-corrected chi connectivity index (χ1v) is 8.48. The molecular weight excluding hydrogens is 328 g/mol. The SMILES string of the molecule is COc1cc(C)ccc1OCCOc1cccc(Oc2ccccc2)c1. The molecule has 0 heterocycles. The Balaban J connectivity index is 1.51. The van der Waals surface area contributed by atoms with Crippen molar-refractivity contribution in [2.45, 2.75) is 6.92 Å². The van der Waals surface area contributed by atoms with Gasteiger partial charge < -0.3 is 18.9 Å². The second-order valence-corrected chi connectivity index (χ2v) is 5.74. The first-order chi connectivity index (χ1) is 12.7. The zero-order valence-electron chi connectivity index (χ0n) is 15.0. The highest BCUT2D eigenvalue weighted by molar-refractivity contribution is 5.42. The Morgan fingerprint density at radius 1 is 0.654 bits per heavy atom. The summed E-state index contributed by atoms with van der Waals surface area (Å²) in [4.78, 5) is 0. The van der Waals surface area contributed by atoms with Gasteiger partial charge in [0, 0.05) is 6.07 Å². The molecule has 0 radical (unpaired) electrons. The highest BCUT2D eigenvalue weighted by atomic mass is 16.5. The molecular formula is C22H22O4. The number of aryl methyl sites for hydroxylation is 1. The van der Waals surface area contributed by atoms with Crippen molar-refractivity contribution in [1.29, 1.82) is 0 Å². The van der Waals surface area contributed by atoms with Crippen LogP contribution in [0.3, 0.4) is 0 Å². The average Bonchev–Trinajstić information content (AvgIpc) is 2.67. The molecule has 3 aromatic carbocycles. The van der Waals surface area contributed by atoms with Crippen molar-refractivity contribution in [3.05, 3.63) is 78.4 Å². The fraction of sp³-hybridized carbons (Fsp3) is 0.182. The predicted octanol–water partition coefficient (Wildman–Crippen LogP) is 5.25. The van der Waals surface area contributed by atoms with E-state index in [1.807, 2.05) is 79.7 Å². The third kappa shape index (κ3) is 4.93. The minimum atomic E-state index is 0.420. The Hall–Kier alpha value is -3.14. The van der Waals surface area contributed by atoms with Crippen LogP contribution in [0.15, 0.2) is 72.8 Å². The largest absolute Gasteiger partial charge is 0.493 e. The quantitative estimate of drug-likeness (QED) is 0.520. The Bertz CT molecular complexity index is 831. The third-order valence-electron chi connectivity index (χ3n) is 3.71. The van der Waals surface area contributed by atoms with Gasteiger partial charge in [-0.1, -0.05) is 30.3 Å². The van der Waals surface area contributed by atoms with Crippen molar-refractivity contribution in [1.82, 2.24) is 0 Å². The average molecular weight is 350 g/mol. The van der Waals surface area contributed by atoms with E-state index >= 15 is 0 Å². The maximum absolute atomic E-state index is 5.81. The van der Waals surface area contributed by atoms with Gasteiger partial charge in [0.05, 0.1) is 7.11 Å². The van der Waals surface area contributed by atoms with E-state index in [2.05, 4.69) is 0 Å². The van der Waals surface area contributed by atoms with Gasteiger partial charge >= 0.3 is 0 Å². The molecule has 0 aliphatic heterocycles. The van der Waals surface area contributed by atoms with Crippen molar-refractivity contribution < 1.29 is 18.9 Å². The molecule has 134 valence electrons. The summed E-state index contributed by atoms with van der Waals surface area (Å²) in [5, 5.41) is 0. The minimum Gasteiger partial charge on any atom is -0.493 e. The molecule has 4 heteroatoms. The van der Waals surface area contributed by atoms with Gasteiger partial charge in [0.2, 0.25) is 0 Å². The lowest BCUT2D eigenvalue weighted by Crippen LogP contribution is -2.09. The van der Waals surface area contributed by atoms with E-state index in [0.29, 0.717) is 19.0 Å².